The summed E-state index contributed by atoms with van der Waals surface area (Å²) in [6.45, 7) is -0.774. The molecule has 0 radical (unpaired) electrons. The van der Waals surface area contributed by atoms with E-state index in [1.54, 1.807) is 36.4 Å². The van der Waals surface area contributed by atoms with E-state index in [-0.39, 0.29) is 17.9 Å². The van der Waals surface area contributed by atoms with Crippen LogP contribution in [0, 0.1) is 16.7 Å². The van der Waals surface area contributed by atoms with Gasteiger partial charge in [-0.25, -0.2) is 8.42 Å². The van der Waals surface area contributed by atoms with Crippen LogP contribution in [0.4, 0.5) is 13.2 Å². The zero-order valence-electron chi connectivity index (χ0n) is 20.7. The first-order chi connectivity index (χ1) is 18.4. The molecule has 2 amide bonds. The van der Waals surface area contributed by atoms with Crippen molar-refractivity contribution in [2.24, 2.45) is 5.41 Å². The first-order valence-electron chi connectivity index (χ1n) is 12.5. The van der Waals surface area contributed by atoms with Crippen LogP contribution < -0.4 is 5.32 Å². The van der Waals surface area contributed by atoms with Crippen molar-refractivity contribution in [3.05, 3.63) is 54.1 Å². The summed E-state index contributed by atoms with van der Waals surface area (Å²) in [6, 6.07) is 13.4. The number of aliphatic hydroxyl groups is 1. The zero-order chi connectivity index (χ0) is 28.2. The van der Waals surface area contributed by atoms with Crippen LogP contribution in [-0.4, -0.2) is 59.8 Å². The number of amides is 2. The van der Waals surface area contributed by atoms with Crippen LogP contribution >= 0.6 is 0 Å². The number of nitrogens with zero attached hydrogens (tertiary/aromatic N) is 2. The molecule has 2 aliphatic carbocycles. The number of nitriles is 1. The molecule has 2 atom stereocenters. The molecule has 12 heteroatoms. The Hall–Kier alpha value is -3.43. The van der Waals surface area contributed by atoms with Crippen molar-refractivity contribution in [1.29, 1.82) is 5.26 Å². The Morgan fingerprint density at radius 3 is 2.26 bits per heavy atom. The average Bonchev–Trinajstić information content (AvgIpc) is 3.84. The predicted octanol–water partition coefficient (Wildman–Crippen LogP) is 3.10. The molecule has 1 heterocycles. The standard InChI is InChI=1S/C27H26F3N3O5S/c28-27(29,30)26(11-12-26)24(36)33-14-20(13-22(33)23(35)32-25(16-31)9-10-25)39(37,38)19-7-5-17(6-8-19)21-4-2-1-3-18(21)15-34/h1-8,20,22,34H,9-15H2,(H,32,35)/t20-,22+/m1/s1. The number of carbonyl (C=O) groups excluding carboxylic acids is 2. The van der Waals surface area contributed by atoms with Crippen LogP contribution in [0.3, 0.4) is 0 Å². The van der Waals surface area contributed by atoms with E-state index in [4.69, 9.17) is 0 Å². The Kier molecular flexibility index (Phi) is 6.50. The molecule has 2 aromatic carbocycles. The minimum Gasteiger partial charge on any atom is -0.392 e. The summed E-state index contributed by atoms with van der Waals surface area (Å²) < 4.78 is 68.4. The van der Waals surface area contributed by atoms with Gasteiger partial charge in [-0.1, -0.05) is 36.4 Å². The second-order valence-electron chi connectivity index (χ2n) is 10.5. The summed E-state index contributed by atoms with van der Waals surface area (Å²) in [5, 5.41) is 20.1. The summed E-state index contributed by atoms with van der Waals surface area (Å²) >= 11 is 0. The Balaban J connectivity index is 1.43. The molecular weight excluding hydrogens is 535 g/mol. The predicted molar refractivity (Wildman–Crippen MR) is 132 cm³/mol. The number of halogens is 3. The van der Waals surface area contributed by atoms with Crippen LogP contribution in [0.25, 0.3) is 11.1 Å². The average molecular weight is 562 g/mol. The van der Waals surface area contributed by atoms with Crippen molar-refractivity contribution < 1.29 is 36.3 Å². The molecule has 5 rings (SSSR count). The number of benzene rings is 2. The van der Waals surface area contributed by atoms with Crippen LogP contribution in [0.15, 0.2) is 53.4 Å². The smallest absolute Gasteiger partial charge is 0.392 e. The normalized spacial score (nSPS) is 23.1. The molecule has 3 fully saturated rings. The van der Waals surface area contributed by atoms with Gasteiger partial charge in [-0.2, -0.15) is 18.4 Å². The lowest BCUT2D eigenvalue weighted by Crippen LogP contribution is -2.53. The molecule has 2 saturated carbocycles. The third-order valence-electron chi connectivity index (χ3n) is 7.98. The Labute approximate surface area is 223 Å². The Morgan fingerprint density at radius 2 is 1.72 bits per heavy atom. The highest BCUT2D eigenvalue weighted by Gasteiger charge is 2.70. The van der Waals surface area contributed by atoms with Crippen LogP contribution in [0.5, 0.6) is 0 Å². The number of alkyl halides is 3. The summed E-state index contributed by atoms with van der Waals surface area (Å²) in [6.07, 6.45) is -5.31. The van der Waals surface area contributed by atoms with Crippen molar-refractivity contribution >= 4 is 21.7 Å². The third-order valence-corrected chi connectivity index (χ3v) is 10.1. The molecule has 0 aromatic heterocycles. The summed E-state index contributed by atoms with van der Waals surface area (Å²) in [5.41, 5.74) is -1.72. The van der Waals surface area contributed by atoms with E-state index in [0.717, 1.165) is 4.90 Å². The minimum absolute atomic E-state index is 0.0983. The van der Waals surface area contributed by atoms with E-state index >= 15 is 0 Å². The van der Waals surface area contributed by atoms with Gasteiger partial charge in [0, 0.05) is 6.54 Å². The van der Waals surface area contributed by atoms with Gasteiger partial charge in [0.2, 0.25) is 11.8 Å². The third kappa shape index (κ3) is 4.67. The lowest BCUT2D eigenvalue weighted by molar-refractivity contribution is -0.199. The number of nitrogens with one attached hydrogen (secondary N) is 1. The van der Waals surface area contributed by atoms with Gasteiger partial charge in [0.25, 0.3) is 0 Å². The Bertz CT molecular complexity index is 1460. The molecule has 0 bridgehead atoms. The molecule has 39 heavy (non-hydrogen) atoms. The van der Waals surface area contributed by atoms with Gasteiger partial charge in [0.05, 0.1) is 22.8 Å². The number of aliphatic hydroxyl groups excluding tert-OH is 1. The van der Waals surface area contributed by atoms with Gasteiger partial charge in [-0.05, 0) is 60.9 Å². The number of carbonyl (C=O) groups is 2. The molecular formula is C27H26F3N3O5S. The SMILES string of the molecule is N#CC1(NC(=O)[C@@H]2C[C@@H](S(=O)(=O)c3ccc(-c4ccccc4CO)cc3)CN2C(=O)C2(C(F)(F)F)CC2)CC1. The van der Waals surface area contributed by atoms with Crippen molar-refractivity contribution in [1.82, 2.24) is 10.2 Å². The fraction of sp³-hybridized carbons (Fsp3) is 0.444. The number of hydrogen-bond acceptors (Lipinski definition) is 6. The lowest BCUT2D eigenvalue weighted by Gasteiger charge is -2.29. The van der Waals surface area contributed by atoms with E-state index in [2.05, 4.69) is 5.32 Å². The summed E-state index contributed by atoms with van der Waals surface area (Å²) in [5.74, 6) is -2.13. The van der Waals surface area contributed by atoms with Gasteiger partial charge < -0.3 is 15.3 Å². The number of likely N-dealkylation sites (tertiary alicyclic amines) is 1. The van der Waals surface area contributed by atoms with Gasteiger partial charge in [-0.15, -0.1) is 0 Å². The second-order valence-corrected chi connectivity index (χ2v) is 12.7. The molecule has 1 saturated heterocycles. The minimum atomic E-state index is -4.83. The van der Waals surface area contributed by atoms with Gasteiger partial charge in [-0.3, -0.25) is 9.59 Å². The highest BCUT2D eigenvalue weighted by molar-refractivity contribution is 7.92. The van der Waals surface area contributed by atoms with Crippen LogP contribution in [0.2, 0.25) is 0 Å². The van der Waals surface area contributed by atoms with E-state index < -0.39 is 69.5 Å². The van der Waals surface area contributed by atoms with Gasteiger partial charge in [0.1, 0.15) is 17.0 Å². The topological polar surface area (TPSA) is 128 Å². The lowest BCUT2D eigenvalue weighted by atomic mass is 10.0. The number of sulfone groups is 1. The number of rotatable bonds is 7. The Morgan fingerprint density at radius 1 is 1.08 bits per heavy atom. The van der Waals surface area contributed by atoms with Crippen LogP contribution in [0.1, 0.15) is 37.7 Å². The van der Waals surface area contributed by atoms with E-state index in [0.29, 0.717) is 29.5 Å². The largest absolute Gasteiger partial charge is 0.403 e. The quantitative estimate of drug-likeness (QED) is 0.535. The molecule has 3 aliphatic rings. The van der Waals surface area contributed by atoms with E-state index in [1.807, 2.05) is 6.07 Å². The fourth-order valence-corrected chi connectivity index (χ4v) is 6.87. The first-order valence-corrected chi connectivity index (χ1v) is 14.1. The molecule has 2 aromatic rings. The van der Waals surface area contributed by atoms with Crippen LogP contribution in [-0.2, 0) is 26.0 Å². The molecule has 206 valence electrons. The van der Waals surface area contributed by atoms with Crippen molar-refractivity contribution in [2.45, 2.75) is 66.6 Å². The molecule has 0 spiro atoms. The van der Waals surface area contributed by atoms with E-state index in [9.17, 15) is 41.5 Å². The highest BCUT2D eigenvalue weighted by atomic mass is 32.2. The van der Waals surface area contributed by atoms with Crippen molar-refractivity contribution in [3.8, 4) is 17.2 Å². The maximum atomic E-state index is 13.8. The van der Waals surface area contributed by atoms with E-state index in [1.165, 1.54) is 12.1 Å². The highest BCUT2D eigenvalue weighted by Crippen LogP contribution is 2.59. The molecule has 8 nitrogen and oxygen atoms in total. The fourth-order valence-electron chi connectivity index (χ4n) is 5.18. The zero-order valence-corrected chi connectivity index (χ0v) is 21.6. The monoisotopic (exact) mass is 561 g/mol. The molecule has 0 unspecified atom stereocenters. The molecule has 1 aliphatic heterocycles. The first kappa shape index (κ1) is 27.1. The van der Waals surface area contributed by atoms with Crippen molar-refractivity contribution in [2.75, 3.05) is 6.54 Å². The van der Waals surface area contributed by atoms with Gasteiger partial charge >= 0.3 is 6.18 Å². The van der Waals surface area contributed by atoms with Gasteiger partial charge in [0.15, 0.2) is 9.84 Å². The molecule has 2 N–H and O–H groups in total. The second kappa shape index (κ2) is 9.34. The summed E-state index contributed by atoms with van der Waals surface area (Å²) in [7, 11) is -4.15. The van der Waals surface area contributed by atoms with Crippen molar-refractivity contribution in [3.63, 3.8) is 0 Å². The number of hydrogen-bond donors (Lipinski definition) is 2. The maximum absolute atomic E-state index is 13.8. The maximum Gasteiger partial charge on any atom is 0.403 e. The summed E-state index contributed by atoms with van der Waals surface area (Å²) in [4.78, 5) is 26.9.